The number of hydrogen-bond donors (Lipinski definition) is 0. The van der Waals surface area contributed by atoms with Crippen LogP contribution in [-0.4, -0.2) is 15.0 Å². The molecule has 0 spiro atoms. The average molecular weight is 642 g/mol. The molecule has 0 radical (unpaired) electrons. The Kier molecular flexibility index (Phi) is 6.42. The van der Waals surface area contributed by atoms with Crippen molar-refractivity contribution in [1.29, 1.82) is 0 Å². The van der Waals surface area contributed by atoms with Crippen LogP contribution in [0.25, 0.3) is 100 Å². The fourth-order valence-corrected chi connectivity index (χ4v) is 6.95. The summed E-state index contributed by atoms with van der Waals surface area (Å²) in [5.41, 5.74) is 10.3. The van der Waals surface area contributed by atoms with Crippen molar-refractivity contribution in [2.45, 2.75) is 0 Å². The third kappa shape index (κ3) is 4.67. The molecule has 10 rings (SSSR count). The van der Waals surface area contributed by atoms with E-state index in [-0.39, 0.29) is 0 Å². The van der Waals surface area contributed by atoms with Crippen molar-refractivity contribution in [3.63, 3.8) is 0 Å². The first-order valence-corrected chi connectivity index (χ1v) is 16.6. The number of hydrogen-bond acceptors (Lipinski definition) is 5. The van der Waals surface area contributed by atoms with Crippen LogP contribution in [0.5, 0.6) is 0 Å². The molecule has 0 bridgehead atoms. The topological polar surface area (TPSA) is 65.0 Å². The molecule has 0 aliphatic carbocycles. The van der Waals surface area contributed by atoms with Gasteiger partial charge in [0.2, 0.25) is 0 Å². The molecule has 7 aromatic carbocycles. The Hall–Kier alpha value is -6.85. The summed E-state index contributed by atoms with van der Waals surface area (Å²) in [6.07, 6.45) is 0. The number of aromatic nitrogens is 3. The Balaban J connectivity index is 1.22. The van der Waals surface area contributed by atoms with Gasteiger partial charge in [0, 0.05) is 43.8 Å². The van der Waals surface area contributed by atoms with Crippen LogP contribution < -0.4 is 0 Å². The second kappa shape index (κ2) is 11.4. The molecule has 3 heterocycles. The molecular weight excluding hydrogens is 615 g/mol. The molecule has 0 amide bonds. The first-order valence-electron chi connectivity index (χ1n) is 16.6. The van der Waals surface area contributed by atoms with Gasteiger partial charge in [0.05, 0.1) is 0 Å². The fourth-order valence-electron chi connectivity index (χ4n) is 6.95. The van der Waals surface area contributed by atoms with Crippen molar-refractivity contribution in [3.05, 3.63) is 164 Å². The summed E-state index contributed by atoms with van der Waals surface area (Å²) < 4.78 is 12.8. The highest BCUT2D eigenvalue weighted by Crippen LogP contribution is 2.41. The van der Waals surface area contributed by atoms with Crippen molar-refractivity contribution in [1.82, 2.24) is 15.0 Å². The molecule has 0 saturated carbocycles. The number of para-hydroxylation sites is 2. The Morgan fingerprint density at radius 3 is 1.64 bits per heavy atom. The van der Waals surface area contributed by atoms with E-state index in [1.807, 2.05) is 84.9 Å². The zero-order valence-electron chi connectivity index (χ0n) is 26.7. The fraction of sp³-hybridized carbons (Fsp3) is 0. The van der Waals surface area contributed by atoms with Gasteiger partial charge in [-0.2, -0.15) is 0 Å². The number of furan rings is 2. The van der Waals surface area contributed by atoms with Crippen LogP contribution in [0.2, 0.25) is 0 Å². The summed E-state index contributed by atoms with van der Waals surface area (Å²) in [7, 11) is 0. The van der Waals surface area contributed by atoms with Crippen LogP contribution in [-0.2, 0) is 0 Å². The van der Waals surface area contributed by atoms with Gasteiger partial charge in [-0.15, -0.1) is 0 Å². The molecule has 3 aromatic heterocycles. The summed E-state index contributed by atoms with van der Waals surface area (Å²) in [4.78, 5) is 15.4. The lowest BCUT2D eigenvalue weighted by atomic mass is 9.96. The van der Waals surface area contributed by atoms with E-state index < -0.39 is 0 Å². The predicted molar refractivity (Wildman–Crippen MR) is 202 cm³/mol. The van der Waals surface area contributed by atoms with Crippen LogP contribution >= 0.6 is 0 Å². The summed E-state index contributed by atoms with van der Waals surface area (Å²) >= 11 is 0. The minimum absolute atomic E-state index is 0.577. The smallest absolute Gasteiger partial charge is 0.164 e. The van der Waals surface area contributed by atoms with E-state index in [2.05, 4.69) is 78.9 Å². The number of nitrogens with zero attached hydrogens (tertiary/aromatic N) is 3. The van der Waals surface area contributed by atoms with E-state index in [0.717, 1.165) is 77.3 Å². The SMILES string of the molecule is c1ccc(-c2ccc(-c3cc(-c4nc(-c5ccccc5)nc(-c5cccc6oc7ccccc7c56)n4)cc4c3oc3ccccc34)cc2)cc1. The lowest BCUT2D eigenvalue weighted by Gasteiger charge is -2.11. The minimum Gasteiger partial charge on any atom is -0.456 e. The maximum atomic E-state index is 6.55. The van der Waals surface area contributed by atoms with Crippen LogP contribution in [0.15, 0.2) is 173 Å². The molecular formula is C45H27N3O2. The lowest BCUT2D eigenvalue weighted by Crippen LogP contribution is -2.00. The van der Waals surface area contributed by atoms with Crippen molar-refractivity contribution in [3.8, 4) is 56.4 Å². The van der Waals surface area contributed by atoms with Gasteiger partial charge in [-0.05, 0) is 47.0 Å². The van der Waals surface area contributed by atoms with Gasteiger partial charge in [-0.3, -0.25) is 0 Å². The van der Waals surface area contributed by atoms with Crippen molar-refractivity contribution in [2.75, 3.05) is 0 Å². The van der Waals surface area contributed by atoms with E-state index >= 15 is 0 Å². The molecule has 0 saturated heterocycles. The van der Waals surface area contributed by atoms with Gasteiger partial charge in [0.1, 0.15) is 22.3 Å². The second-order valence-corrected chi connectivity index (χ2v) is 12.4. The van der Waals surface area contributed by atoms with E-state index in [1.54, 1.807) is 0 Å². The molecule has 50 heavy (non-hydrogen) atoms. The average Bonchev–Trinajstić information content (AvgIpc) is 3.77. The first kappa shape index (κ1) is 28.2. The Labute approximate surface area is 287 Å². The molecule has 0 fully saturated rings. The zero-order valence-corrected chi connectivity index (χ0v) is 26.7. The highest BCUT2D eigenvalue weighted by molar-refractivity contribution is 6.13. The van der Waals surface area contributed by atoms with Crippen LogP contribution in [0, 0.1) is 0 Å². The highest BCUT2D eigenvalue weighted by atomic mass is 16.3. The molecule has 0 aliphatic heterocycles. The zero-order chi connectivity index (χ0) is 33.0. The molecule has 0 atom stereocenters. The summed E-state index contributed by atoms with van der Waals surface area (Å²) in [6, 6.07) is 55.7. The monoisotopic (exact) mass is 641 g/mol. The standard InChI is InChI=1S/C45H27N3O2/c1-3-12-28(13-4-1)29-22-24-30(25-23-29)36-26-32(27-37-33-16-7-9-19-38(33)50-42(36)37)44-46-43(31-14-5-2-6-15-31)47-45(48-44)35-18-11-21-40-41(35)34-17-8-10-20-39(34)49-40/h1-27H. The van der Waals surface area contributed by atoms with Gasteiger partial charge >= 0.3 is 0 Å². The van der Waals surface area contributed by atoms with E-state index in [4.69, 9.17) is 23.8 Å². The van der Waals surface area contributed by atoms with Crippen LogP contribution in [0.1, 0.15) is 0 Å². The van der Waals surface area contributed by atoms with Crippen molar-refractivity contribution >= 4 is 43.9 Å². The third-order valence-electron chi connectivity index (χ3n) is 9.35. The normalized spacial score (nSPS) is 11.6. The quantitative estimate of drug-likeness (QED) is 0.187. The van der Waals surface area contributed by atoms with Gasteiger partial charge in [-0.1, -0.05) is 133 Å². The lowest BCUT2D eigenvalue weighted by molar-refractivity contribution is 0.669. The van der Waals surface area contributed by atoms with Gasteiger partial charge in [0.25, 0.3) is 0 Å². The van der Waals surface area contributed by atoms with Crippen LogP contribution in [0.3, 0.4) is 0 Å². The maximum absolute atomic E-state index is 6.55. The van der Waals surface area contributed by atoms with Gasteiger partial charge < -0.3 is 8.83 Å². The molecule has 234 valence electrons. The Morgan fingerprint density at radius 1 is 0.320 bits per heavy atom. The summed E-state index contributed by atoms with van der Waals surface area (Å²) in [5, 5.41) is 4.05. The second-order valence-electron chi connectivity index (χ2n) is 12.4. The van der Waals surface area contributed by atoms with E-state index in [9.17, 15) is 0 Å². The van der Waals surface area contributed by atoms with Crippen molar-refractivity contribution in [2.24, 2.45) is 0 Å². The summed E-state index contributed by atoms with van der Waals surface area (Å²) in [6.45, 7) is 0. The number of fused-ring (bicyclic) bond motifs is 6. The first-order chi connectivity index (χ1) is 24.8. The van der Waals surface area contributed by atoms with E-state index in [1.165, 1.54) is 5.56 Å². The Morgan fingerprint density at radius 2 is 0.880 bits per heavy atom. The summed E-state index contributed by atoms with van der Waals surface area (Å²) in [5.74, 6) is 1.76. The molecule has 10 aromatic rings. The number of rotatable bonds is 5. The van der Waals surface area contributed by atoms with Gasteiger partial charge in [-0.25, -0.2) is 15.0 Å². The third-order valence-corrected chi connectivity index (χ3v) is 9.35. The molecule has 0 unspecified atom stereocenters. The Bertz CT molecular complexity index is 2850. The molecule has 5 heteroatoms. The highest BCUT2D eigenvalue weighted by Gasteiger charge is 2.20. The van der Waals surface area contributed by atoms with E-state index in [0.29, 0.717) is 17.5 Å². The van der Waals surface area contributed by atoms with Crippen LogP contribution in [0.4, 0.5) is 0 Å². The maximum Gasteiger partial charge on any atom is 0.164 e. The number of benzene rings is 7. The molecule has 0 aliphatic rings. The van der Waals surface area contributed by atoms with Crippen molar-refractivity contribution < 1.29 is 8.83 Å². The predicted octanol–water partition coefficient (Wildman–Crippen LogP) is 12.0. The largest absolute Gasteiger partial charge is 0.456 e. The minimum atomic E-state index is 0.577. The molecule has 0 N–H and O–H groups in total. The molecule has 5 nitrogen and oxygen atoms in total. The van der Waals surface area contributed by atoms with Gasteiger partial charge in [0.15, 0.2) is 17.5 Å².